The molecule has 1 saturated carbocycles. The van der Waals surface area contributed by atoms with Crippen molar-refractivity contribution in [1.82, 2.24) is 33.9 Å². The Balaban J connectivity index is 1.46. The molecule has 0 unspecified atom stereocenters. The topological polar surface area (TPSA) is 103 Å². The molecular weight excluding hydrogens is 439 g/mol. The molecule has 4 aromatic heterocycles. The number of hydrogen-bond acceptors (Lipinski definition) is 5. The molecule has 0 aromatic carbocycles. The number of fused-ring (bicyclic) bond motifs is 1. The van der Waals surface area contributed by atoms with Gasteiger partial charge in [-0.15, -0.1) is 0 Å². The van der Waals surface area contributed by atoms with Crippen molar-refractivity contribution in [2.24, 2.45) is 5.92 Å². The van der Waals surface area contributed by atoms with Crippen LogP contribution >= 0.6 is 0 Å². The minimum absolute atomic E-state index is 0.208. The van der Waals surface area contributed by atoms with Crippen molar-refractivity contribution >= 4 is 11.2 Å². The molecule has 1 fully saturated rings. The third-order valence-electron chi connectivity index (χ3n) is 5.68. The van der Waals surface area contributed by atoms with Crippen molar-refractivity contribution in [3.63, 3.8) is 0 Å². The third-order valence-corrected chi connectivity index (χ3v) is 5.68. The molecule has 0 radical (unpaired) electrons. The summed E-state index contributed by atoms with van der Waals surface area (Å²) in [6.45, 7) is 2.79. The summed E-state index contributed by atoms with van der Waals surface area (Å²) in [6, 6.07) is 2.27. The Morgan fingerprint density at radius 1 is 1.15 bits per heavy atom. The number of halogens is 3. The van der Waals surface area contributed by atoms with Crippen molar-refractivity contribution in [3.05, 3.63) is 62.8 Å². The van der Waals surface area contributed by atoms with E-state index in [-0.39, 0.29) is 23.4 Å². The minimum atomic E-state index is -4.49. The van der Waals surface area contributed by atoms with Gasteiger partial charge >= 0.3 is 11.9 Å². The molecule has 0 saturated heterocycles. The van der Waals surface area contributed by atoms with Crippen LogP contribution < -0.4 is 11.2 Å². The third kappa shape index (κ3) is 3.96. The highest BCUT2D eigenvalue weighted by Gasteiger charge is 2.32. The van der Waals surface area contributed by atoms with Gasteiger partial charge in [0.15, 0.2) is 5.65 Å². The molecule has 5 rings (SSSR count). The number of nitrogens with zero attached hydrogens (tertiary/aromatic N) is 6. The molecule has 4 heterocycles. The molecule has 4 aromatic rings. The lowest BCUT2D eigenvalue weighted by Gasteiger charge is -2.08. The second-order valence-electron chi connectivity index (χ2n) is 8.15. The fraction of sp³-hybridized carbons (Fsp3) is 0.381. The van der Waals surface area contributed by atoms with Gasteiger partial charge in [0.2, 0.25) is 0 Å². The highest BCUT2D eigenvalue weighted by atomic mass is 19.4. The number of alkyl halides is 3. The summed E-state index contributed by atoms with van der Waals surface area (Å²) in [6.07, 6.45) is 1.89. The van der Waals surface area contributed by atoms with Gasteiger partial charge in [-0.3, -0.25) is 23.6 Å². The quantitative estimate of drug-likeness (QED) is 0.478. The summed E-state index contributed by atoms with van der Waals surface area (Å²) in [7, 11) is 0. The Bertz CT molecular complexity index is 1440. The molecule has 0 bridgehead atoms. The Morgan fingerprint density at radius 3 is 2.58 bits per heavy atom. The van der Waals surface area contributed by atoms with Crippen molar-refractivity contribution in [3.8, 4) is 11.4 Å². The molecular formula is C21H20F3N7O2. The summed E-state index contributed by atoms with van der Waals surface area (Å²) in [5.74, 6) is 0.739. The maximum absolute atomic E-state index is 12.9. The summed E-state index contributed by atoms with van der Waals surface area (Å²) in [5, 5.41) is 4.23. The summed E-state index contributed by atoms with van der Waals surface area (Å²) in [4.78, 5) is 36.7. The molecule has 0 amide bonds. The van der Waals surface area contributed by atoms with E-state index in [0.717, 1.165) is 25.1 Å². The maximum atomic E-state index is 12.9. The first-order valence-electron chi connectivity index (χ1n) is 10.5. The molecule has 0 atom stereocenters. The molecule has 0 aliphatic heterocycles. The second-order valence-corrected chi connectivity index (χ2v) is 8.15. The Morgan fingerprint density at radius 2 is 1.94 bits per heavy atom. The molecule has 1 aliphatic rings. The maximum Gasteiger partial charge on any atom is 0.433 e. The smallest absolute Gasteiger partial charge is 0.332 e. The van der Waals surface area contributed by atoms with Gasteiger partial charge in [0.1, 0.15) is 17.0 Å². The van der Waals surface area contributed by atoms with E-state index in [2.05, 4.69) is 20.1 Å². The number of aromatic amines is 1. The summed E-state index contributed by atoms with van der Waals surface area (Å²) in [5.41, 5.74) is -0.0524. The van der Waals surface area contributed by atoms with Crippen LogP contribution in [0.25, 0.3) is 22.6 Å². The average molecular weight is 459 g/mol. The van der Waals surface area contributed by atoms with E-state index in [1.165, 1.54) is 26.1 Å². The SMILES string of the molecule is CCn1c(=O)n(CC2CC2)c(=O)c2[nH]c(-c3cnn(Cc4ccc(C(F)(F)F)nc4)c3)nc21. The van der Waals surface area contributed by atoms with E-state index < -0.39 is 17.4 Å². The molecule has 172 valence electrons. The predicted molar refractivity (Wildman–Crippen MR) is 113 cm³/mol. The van der Waals surface area contributed by atoms with Crippen LogP contribution in [0.4, 0.5) is 13.2 Å². The van der Waals surface area contributed by atoms with Crippen molar-refractivity contribution in [1.29, 1.82) is 0 Å². The van der Waals surface area contributed by atoms with Crippen LogP contribution in [0.15, 0.2) is 40.3 Å². The highest BCUT2D eigenvalue weighted by Crippen LogP contribution is 2.30. The Hall–Kier alpha value is -3.70. The van der Waals surface area contributed by atoms with Gasteiger partial charge in [0.25, 0.3) is 5.56 Å². The first-order valence-corrected chi connectivity index (χ1v) is 10.5. The molecule has 0 spiro atoms. The first kappa shape index (κ1) is 21.2. The van der Waals surface area contributed by atoms with E-state index in [9.17, 15) is 22.8 Å². The van der Waals surface area contributed by atoms with Gasteiger partial charge in [-0.2, -0.15) is 18.3 Å². The monoisotopic (exact) mass is 459 g/mol. The van der Waals surface area contributed by atoms with Crippen molar-refractivity contribution in [2.75, 3.05) is 0 Å². The number of rotatable bonds is 6. The van der Waals surface area contributed by atoms with Gasteiger partial charge in [-0.1, -0.05) is 6.07 Å². The lowest BCUT2D eigenvalue weighted by Crippen LogP contribution is -2.40. The van der Waals surface area contributed by atoms with Crippen LogP contribution in [-0.2, 0) is 25.8 Å². The minimum Gasteiger partial charge on any atom is -0.332 e. The molecule has 1 N–H and O–H groups in total. The number of aryl methyl sites for hydroxylation is 1. The van der Waals surface area contributed by atoms with Crippen LogP contribution in [0.3, 0.4) is 0 Å². The predicted octanol–water partition coefficient (Wildman–Crippen LogP) is 2.64. The van der Waals surface area contributed by atoms with Gasteiger partial charge in [0, 0.05) is 25.5 Å². The highest BCUT2D eigenvalue weighted by molar-refractivity contribution is 5.75. The van der Waals surface area contributed by atoms with Gasteiger partial charge in [-0.05, 0) is 37.3 Å². The fourth-order valence-corrected chi connectivity index (χ4v) is 3.75. The Labute approximate surface area is 184 Å². The summed E-state index contributed by atoms with van der Waals surface area (Å²) >= 11 is 0. The summed E-state index contributed by atoms with van der Waals surface area (Å²) < 4.78 is 42.3. The standard InChI is InChI=1S/C21H20F3N7O2/c1-2-30-18-16(19(32)31(20(30)33)10-12-3-4-12)27-17(28-18)14-8-26-29(11-14)9-13-5-6-15(25-7-13)21(22,23)24/h5-8,11-12H,2-4,9-10H2,1H3,(H,27,28). The van der Waals surface area contributed by atoms with Gasteiger partial charge in [-0.25, -0.2) is 9.78 Å². The van der Waals surface area contributed by atoms with Crippen molar-refractivity contribution < 1.29 is 13.2 Å². The van der Waals surface area contributed by atoms with Crippen LogP contribution in [0.5, 0.6) is 0 Å². The zero-order valence-corrected chi connectivity index (χ0v) is 17.6. The lowest BCUT2D eigenvalue weighted by atomic mass is 10.2. The average Bonchev–Trinajstić information content (AvgIpc) is 3.29. The zero-order chi connectivity index (χ0) is 23.3. The number of pyridine rings is 1. The van der Waals surface area contributed by atoms with Crippen LogP contribution in [0, 0.1) is 5.92 Å². The number of aromatic nitrogens is 7. The molecule has 9 nitrogen and oxygen atoms in total. The second kappa shape index (κ2) is 7.71. The molecule has 12 heteroatoms. The van der Waals surface area contributed by atoms with Crippen molar-refractivity contribution in [2.45, 2.75) is 45.6 Å². The molecule has 1 aliphatic carbocycles. The number of H-pyrrole nitrogens is 1. The van der Waals surface area contributed by atoms with E-state index in [0.29, 0.717) is 36.0 Å². The van der Waals surface area contributed by atoms with Crippen LogP contribution in [0.2, 0.25) is 0 Å². The van der Waals surface area contributed by atoms with E-state index in [1.807, 2.05) is 6.92 Å². The number of nitrogens with one attached hydrogen (secondary N) is 1. The lowest BCUT2D eigenvalue weighted by molar-refractivity contribution is -0.141. The van der Waals surface area contributed by atoms with E-state index in [1.54, 1.807) is 6.20 Å². The Kier molecular flexibility index (Phi) is 4.94. The van der Waals surface area contributed by atoms with Crippen LogP contribution in [0.1, 0.15) is 31.0 Å². The fourth-order valence-electron chi connectivity index (χ4n) is 3.75. The number of hydrogen-bond donors (Lipinski definition) is 1. The largest absolute Gasteiger partial charge is 0.433 e. The molecule has 33 heavy (non-hydrogen) atoms. The van der Waals surface area contributed by atoms with E-state index >= 15 is 0 Å². The normalized spacial score (nSPS) is 14.3. The van der Waals surface area contributed by atoms with Gasteiger partial charge < -0.3 is 4.98 Å². The number of imidazole rings is 1. The first-order chi connectivity index (χ1) is 15.7. The van der Waals surface area contributed by atoms with Gasteiger partial charge in [0.05, 0.1) is 18.3 Å². The zero-order valence-electron chi connectivity index (χ0n) is 17.6. The van der Waals surface area contributed by atoms with E-state index in [4.69, 9.17) is 0 Å². The van der Waals surface area contributed by atoms with Crippen LogP contribution in [-0.4, -0.2) is 33.9 Å².